The monoisotopic (exact) mass is 400 g/mol. The summed E-state index contributed by atoms with van der Waals surface area (Å²) in [5.41, 5.74) is 1.66. The number of ether oxygens (including phenoxy) is 1. The predicted octanol–water partition coefficient (Wildman–Crippen LogP) is 2.86. The van der Waals surface area contributed by atoms with Crippen molar-refractivity contribution >= 4 is 16.3 Å². The van der Waals surface area contributed by atoms with E-state index in [2.05, 4.69) is 15.3 Å². The normalized spacial score (nSPS) is 11.7. The molecule has 28 heavy (non-hydrogen) atoms. The van der Waals surface area contributed by atoms with Gasteiger partial charge in [-0.3, -0.25) is 0 Å². The molecule has 0 radical (unpaired) electrons. The summed E-state index contributed by atoms with van der Waals surface area (Å²) in [5.74, 6) is 1.68. The van der Waals surface area contributed by atoms with Crippen LogP contribution in [0.4, 0.5) is 0 Å². The highest BCUT2D eigenvalue weighted by atomic mass is 32.2. The summed E-state index contributed by atoms with van der Waals surface area (Å²) < 4.78 is 37.2. The molecule has 146 valence electrons. The number of methoxy groups -OCH3 is 1. The van der Waals surface area contributed by atoms with Gasteiger partial charge in [0.05, 0.1) is 13.3 Å². The lowest BCUT2D eigenvalue weighted by atomic mass is 10.2. The fourth-order valence-corrected chi connectivity index (χ4v) is 3.40. The molecule has 0 aliphatic carbocycles. The molecule has 0 amide bonds. The van der Waals surface area contributed by atoms with Crippen molar-refractivity contribution in [2.75, 3.05) is 7.11 Å². The highest BCUT2D eigenvalue weighted by Crippen LogP contribution is 2.30. The van der Waals surface area contributed by atoms with Crippen LogP contribution in [0.2, 0.25) is 0 Å². The molecule has 0 spiro atoms. The zero-order chi connectivity index (χ0) is 20.3. The van der Waals surface area contributed by atoms with Gasteiger partial charge in [0.1, 0.15) is 4.90 Å². The van der Waals surface area contributed by atoms with Crippen LogP contribution in [0.25, 0.3) is 0 Å². The third-order valence-electron chi connectivity index (χ3n) is 3.97. The molecule has 1 heterocycles. The first-order valence-corrected chi connectivity index (χ1v) is 9.83. The minimum atomic E-state index is -3.97. The van der Waals surface area contributed by atoms with Crippen molar-refractivity contribution < 1.29 is 17.3 Å². The fourth-order valence-electron chi connectivity index (χ4n) is 2.46. The number of aromatic nitrogens is 3. The summed E-state index contributed by atoms with van der Waals surface area (Å²) in [6.45, 7) is 5.47. The van der Waals surface area contributed by atoms with E-state index in [1.165, 1.54) is 25.3 Å². The first-order valence-electron chi connectivity index (χ1n) is 8.42. The van der Waals surface area contributed by atoms with E-state index >= 15 is 0 Å². The van der Waals surface area contributed by atoms with Gasteiger partial charge in [-0.05, 0) is 56.7 Å². The first kappa shape index (κ1) is 19.6. The van der Waals surface area contributed by atoms with Crippen molar-refractivity contribution in [3.63, 3.8) is 0 Å². The van der Waals surface area contributed by atoms with Crippen LogP contribution in [0.3, 0.4) is 0 Å². The molecule has 0 atom stereocenters. The number of nitrogens with zero attached hydrogens (tertiary/aromatic N) is 4. The summed E-state index contributed by atoms with van der Waals surface area (Å²) >= 11 is 0. The molecule has 3 rings (SSSR count). The number of rotatable bonds is 6. The average Bonchev–Trinajstić information content (AvgIpc) is 2.99. The van der Waals surface area contributed by atoms with Crippen LogP contribution >= 0.6 is 0 Å². The second-order valence-corrected chi connectivity index (χ2v) is 7.66. The minimum absolute atomic E-state index is 0.0735. The van der Waals surface area contributed by atoms with Gasteiger partial charge < -0.3 is 8.92 Å². The minimum Gasteiger partial charge on any atom is -0.493 e. The summed E-state index contributed by atoms with van der Waals surface area (Å²) in [6, 6.07) is 11.3. The lowest BCUT2D eigenvalue weighted by molar-refractivity contribution is 0.390. The highest BCUT2D eigenvalue weighted by molar-refractivity contribution is 7.87. The Morgan fingerprint density at radius 1 is 0.964 bits per heavy atom. The molecule has 9 heteroatoms. The SMILES string of the molecule is COc1cc(/C=N\n2c(C)nnc2C)ccc1OS(=O)(=O)c1ccc(C)cc1. The molecule has 0 aliphatic heterocycles. The van der Waals surface area contributed by atoms with Gasteiger partial charge in [0.2, 0.25) is 0 Å². The molecular weight excluding hydrogens is 380 g/mol. The Labute approximate surface area is 163 Å². The first-order chi connectivity index (χ1) is 13.3. The van der Waals surface area contributed by atoms with Crippen molar-refractivity contribution in [2.24, 2.45) is 5.10 Å². The largest absolute Gasteiger partial charge is 0.493 e. The molecule has 0 aliphatic rings. The van der Waals surface area contributed by atoms with Gasteiger partial charge in [-0.2, -0.15) is 13.5 Å². The van der Waals surface area contributed by atoms with Crippen LogP contribution in [0.1, 0.15) is 22.8 Å². The Bertz CT molecular complexity index is 1100. The van der Waals surface area contributed by atoms with Gasteiger partial charge in [0, 0.05) is 0 Å². The van der Waals surface area contributed by atoms with E-state index in [1.807, 2.05) is 6.92 Å². The number of hydrogen-bond acceptors (Lipinski definition) is 7. The van der Waals surface area contributed by atoms with Crippen molar-refractivity contribution in [1.29, 1.82) is 0 Å². The van der Waals surface area contributed by atoms with E-state index in [-0.39, 0.29) is 16.4 Å². The number of aryl methyl sites for hydroxylation is 3. The lowest BCUT2D eigenvalue weighted by Gasteiger charge is -2.11. The standard InChI is InChI=1S/C19H20N4O4S/c1-13-5-8-17(9-6-13)28(24,25)27-18-10-7-16(11-19(18)26-4)12-20-23-14(2)21-22-15(23)3/h5-12H,1-4H3/b20-12-. The number of benzene rings is 2. The van der Waals surface area contributed by atoms with Crippen LogP contribution in [0.15, 0.2) is 52.5 Å². The Morgan fingerprint density at radius 3 is 2.21 bits per heavy atom. The lowest BCUT2D eigenvalue weighted by Crippen LogP contribution is -2.10. The van der Waals surface area contributed by atoms with E-state index in [1.54, 1.807) is 49.0 Å². The molecule has 0 N–H and O–H groups in total. The highest BCUT2D eigenvalue weighted by Gasteiger charge is 2.19. The molecule has 0 unspecified atom stereocenters. The molecule has 8 nitrogen and oxygen atoms in total. The van der Waals surface area contributed by atoms with Gasteiger partial charge in [-0.15, -0.1) is 10.2 Å². The summed E-state index contributed by atoms with van der Waals surface area (Å²) in [7, 11) is -2.53. The van der Waals surface area contributed by atoms with Crippen LogP contribution < -0.4 is 8.92 Å². The zero-order valence-corrected chi connectivity index (χ0v) is 16.8. The molecule has 0 bridgehead atoms. The quantitative estimate of drug-likeness (QED) is 0.466. The zero-order valence-electron chi connectivity index (χ0n) is 15.9. The van der Waals surface area contributed by atoms with Gasteiger partial charge in [-0.1, -0.05) is 17.7 Å². The topological polar surface area (TPSA) is 95.7 Å². The predicted molar refractivity (Wildman–Crippen MR) is 104 cm³/mol. The Kier molecular flexibility index (Phi) is 5.46. The Hall–Kier alpha value is -3.20. The average molecular weight is 400 g/mol. The van der Waals surface area contributed by atoms with E-state index in [9.17, 15) is 8.42 Å². The van der Waals surface area contributed by atoms with Crippen LogP contribution in [0, 0.1) is 20.8 Å². The Morgan fingerprint density at radius 2 is 1.61 bits per heavy atom. The molecule has 0 fully saturated rings. The second kappa shape index (κ2) is 7.81. The fraction of sp³-hybridized carbons (Fsp3) is 0.211. The third-order valence-corrected chi connectivity index (χ3v) is 5.22. The van der Waals surface area contributed by atoms with Gasteiger partial charge in [0.15, 0.2) is 23.1 Å². The molecule has 0 saturated carbocycles. The number of hydrogen-bond donors (Lipinski definition) is 0. The van der Waals surface area contributed by atoms with Crippen molar-refractivity contribution in [1.82, 2.24) is 14.9 Å². The molecule has 1 aromatic heterocycles. The maximum absolute atomic E-state index is 12.5. The van der Waals surface area contributed by atoms with Crippen LogP contribution in [-0.4, -0.2) is 36.6 Å². The Balaban J connectivity index is 1.86. The van der Waals surface area contributed by atoms with Gasteiger partial charge in [0.25, 0.3) is 0 Å². The van der Waals surface area contributed by atoms with E-state index in [4.69, 9.17) is 8.92 Å². The van der Waals surface area contributed by atoms with Crippen LogP contribution in [-0.2, 0) is 10.1 Å². The maximum atomic E-state index is 12.5. The van der Waals surface area contributed by atoms with Crippen molar-refractivity contribution in [3.8, 4) is 11.5 Å². The van der Waals surface area contributed by atoms with Crippen LogP contribution in [0.5, 0.6) is 11.5 Å². The molecule has 3 aromatic rings. The maximum Gasteiger partial charge on any atom is 0.339 e. The van der Waals surface area contributed by atoms with Gasteiger partial charge in [-0.25, -0.2) is 4.68 Å². The second-order valence-electron chi connectivity index (χ2n) is 6.11. The molecule has 0 saturated heterocycles. The summed E-state index contributed by atoms with van der Waals surface area (Å²) in [4.78, 5) is 0.0735. The van der Waals surface area contributed by atoms with Gasteiger partial charge >= 0.3 is 10.1 Å². The van der Waals surface area contributed by atoms with E-state index < -0.39 is 10.1 Å². The molecule has 2 aromatic carbocycles. The summed E-state index contributed by atoms with van der Waals surface area (Å²) in [5, 5.41) is 12.2. The van der Waals surface area contributed by atoms with Crippen molar-refractivity contribution in [2.45, 2.75) is 25.7 Å². The van der Waals surface area contributed by atoms with Crippen molar-refractivity contribution in [3.05, 3.63) is 65.2 Å². The summed E-state index contributed by atoms with van der Waals surface area (Å²) in [6.07, 6.45) is 1.60. The van der Waals surface area contributed by atoms with E-state index in [0.29, 0.717) is 17.2 Å². The smallest absolute Gasteiger partial charge is 0.339 e. The van der Waals surface area contributed by atoms with E-state index in [0.717, 1.165) is 5.56 Å². The third kappa shape index (κ3) is 4.20. The molecular formula is C19H20N4O4S.